The van der Waals surface area contributed by atoms with Crippen molar-refractivity contribution in [3.8, 4) is 6.07 Å². The van der Waals surface area contributed by atoms with Gasteiger partial charge >= 0.3 is 5.97 Å². The summed E-state index contributed by atoms with van der Waals surface area (Å²) in [5, 5.41) is 11.4. The molecule has 0 fully saturated rings. The maximum absolute atomic E-state index is 11.7. The van der Waals surface area contributed by atoms with Gasteiger partial charge < -0.3 is 10.1 Å². The van der Waals surface area contributed by atoms with E-state index in [4.69, 9.17) is 10.00 Å². The molecule has 2 aromatic rings. The molecule has 1 heterocycles. The highest BCUT2D eigenvalue weighted by atomic mass is 16.5. The monoisotopic (exact) mass is 281 g/mol. The Labute approximate surface area is 121 Å². The van der Waals surface area contributed by atoms with Gasteiger partial charge in [0.1, 0.15) is 6.07 Å². The van der Waals surface area contributed by atoms with Gasteiger partial charge in [0.25, 0.3) is 5.91 Å². The molecular weight excluding hydrogens is 270 g/mol. The first-order valence-corrected chi connectivity index (χ1v) is 6.07. The fourth-order valence-electron chi connectivity index (χ4n) is 1.58. The predicted octanol–water partition coefficient (Wildman–Crippen LogP) is 1.75. The number of pyridine rings is 1. The third-order valence-corrected chi connectivity index (χ3v) is 2.57. The second-order valence-electron chi connectivity index (χ2n) is 4.02. The molecule has 0 radical (unpaired) electrons. The number of rotatable bonds is 4. The number of amides is 1. The molecule has 0 saturated heterocycles. The van der Waals surface area contributed by atoms with E-state index < -0.39 is 18.5 Å². The van der Waals surface area contributed by atoms with E-state index in [1.54, 1.807) is 24.3 Å². The number of carbonyl (C=O) groups excluding carboxylic acids is 2. The molecule has 0 spiro atoms. The highest BCUT2D eigenvalue weighted by Crippen LogP contribution is 2.13. The number of hydrogen-bond donors (Lipinski definition) is 1. The smallest absolute Gasteiger partial charge is 0.338 e. The summed E-state index contributed by atoms with van der Waals surface area (Å²) in [6, 6.07) is 11.5. The predicted molar refractivity (Wildman–Crippen MR) is 74.3 cm³/mol. The highest BCUT2D eigenvalue weighted by Gasteiger charge is 2.11. The number of ether oxygens (including phenoxy) is 1. The van der Waals surface area contributed by atoms with Crippen LogP contribution >= 0.6 is 0 Å². The topological polar surface area (TPSA) is 92.1 Å². The Morgan fingerprint density at radius 3 is 2.62 bits per heavy atom. The zero-order valence-corrected chi connectivity index (χ0v) is 10.9. The Bertz CT molecular complexity index is 693. The molecule has 6 nitrogen and oxygen atoms in total. The normalized spacial score (nSPS) is 9.48. The maximum Gasteiger partial charge on any atom is 0.338 e. The molecule has 1 N–H and O–H groups in total. The van der Waals surface area contributed by atoms with E-state index in [1.807, 2.05) is 6.07 Å². The van der Waals surface area contributed by atoms with Crippen molar-refractivity contribution < 1.29 is 14.3 Å². The molecule has 0 aliphatic rings. The molecule has 0 aliphatic heterocycles. The summed E-state index contributed by atoms with van der Waals surface area (Å²) in [5.74, 6) is -1.12. The first-order chi connectivity index (χ1) is 10.2. The van der Waals surface area contributed by atoms with Gasteiger partial charge in [-0.05, 0) is 24.3 Å². The summed E-state index contributed by atoms with van der Waals surface area (Å²) >= 11 is 0. The molecule has 21 heavy (non-hydrogen) atoms. The lowest BCUT2D eigenvalue weighted by atomic mass is 10.2. The number of benzene rings is 1. The van der Waals surface area contributed by atoms with E-state index in [2.05, 4.69) is 10.3 Å². The number of nitrogens with one attached hydrogen (secondary N) is 1. The van der Waals surface area contributed by atoms with Crippen molar-refractivity contribution in [1.82, 2.24) is 4.98 Å². The third kappa shape index (κ3) is 3.88. The van der Waals surface area contributed by atoms with Crippen molar-refractivity contribution in [2.45, 2.75) is 0 Å². The van der Waals surface area contributed by atoms with Gasteiger partial charge in [0.2, 0.25) is 0 Å². The zero-order chi connectivity index (χ0) is 15.1. The van der Waals surface area contributed by atoms with Crippen LogP contribution in [0.5, 0.6) is 0 Å². The Morgan fingerprint density at radius 2 is 1.90 bits per heavy atom. The lowest BCUT2D eigenvalue weighted by molar-refractivity contribution is -0.119. The molecule has 2 rings (SSSR count). The number of anilines is 1. The van der Waals surface area contributed by atoms with Crippen LogP contribution in [-0.4, -0.2) is 23.5 Å². The molecule has 0 unspecified atom stereocenters. The Kier molecular flexibility index (Phi) is 4.62. The second kappa shape index (κ2) is 6.82. The number of hydrogen-bond acceptors (Lipinski definition) is 5. The van der Waals surface area contributed by atoms with Gasteiger partial charge in [-0.2, -0.15) is 5.26 Å². The van der Waals surface area contributed by atoms with Gasteiger partial charge in [0.15, 0.2) is 6.61 Å². The van der Waals surface area contributed by atoms with E-state index in [1.165, 1.54) is 24.5 Å². The van der Waals surface area contributed by atoms with Crippen LogP contribution in [0.15, 0.2) is 48.8 Å². The van der Waals surface area contributed by atoms with Gasteiger partial charge in [-0.15, -0.1) is 0 Å². The summed E-state index contributed by atoms with van der Waals surface area (Å²) in [4.78, 5) is 27.1. The number of para-hydroxylation sites is 1. The SMILES string of the molecule is N#Cc1ccccc1NC(=O)COC(=O)c1ccncc1. The maximum atomic E-state index is 11.7. The third-order valence-electron chi connectivity index (χ3n) is 2.57. The molecule has 1 aromatic carbocycles. The van der Waals surface area contributed by atoms with Gasteiger partial charge in [-0.25, -0.2) is 4.79 Å². The standard InChI is InChI=1S/C15H11N3O3/c16-9-12-3-1-2-4-13(12)18-14(19)10-21-15(20)11-5-7-17-8-6-11/h1-8H,10H2,(H,18,19). The summed E-state index contributed by atoms with van der Waals surface area (Å²) in [5.41, 5.74) is 1.03. The van der Waals surface area contributed by atoms with Crippen LogP contribution in [0.3, 0.4) is 0 Å². The molecule has 0 saturated carbocycles. The minimum Gasteiger partial charge on any atom is -0.452 e. The van der Waals surface area contributed by atoms with Crippen LogP contribution in [-0.2, 0) is 9.53 Å². The molecule has 1 amide bonds. The number of carbonyl (C=O) groups is 2. The van der Waals surface area contributed by atoms with Crippen LogP contribution in [0.1, 0.15) is 15.9 Å². The van der Waals surface area contributed by atoms with Crippen molar-refractivity contribution >= 4 is 17.6 Å². The van der Waals surface area contributed by atoms with Gasteiger partial charge in [0.05, 0.1) is 16.8 Å². The quantitative estimate of drug-likeness (QED) is 0.862. The molecule has 0 atom stereocenters. The van der Waals surface area contributed by atoms with E-state index in [0.717, 1.165) is 0 Å². The summed E-state index contributed by atoms with van der Waals surface area (Å²) in [7, 11) is 0. The van der Waals surface area contributed by atoms with Crippen molar-refractivity contribution in [2.24, 2.45) is 0 Å². The average molecular weight is 281 g/mol. The highest BCUT2D eigenvalue weighted by molar-refractivity contribution is 5.96. The van der Waals surface area contributed by atoms with E-state index in [9.17, 15) is 9.59 Å². The molecule has 104 valence electrons. The molecule has 0 aliphatic carbocycles. The van der Waals surface area contributed by atoms with Crippen LogP contribution < -0.4 is 5.32 Å². The van der Waals surface area contributed by atoms with Crippen molar-refractivity contribution in [3.63, 3.8) is 0 Å². The Morgan fingerprint density at radius 1 is 1.19 bits per heavy atom. The number of nitrogens with zero attached hydrogens (tertiary/aromatic N) is 2. The molecule has 0 bridgehead atoms. The van der Waals surface area contributed by atoms with Gasteiger partial charge in [-0.3, -0.25) is 9.78 Å². The molecular formula is C15H11N3O3. The largest absolute Gasteiger partial charge is 0.452 e. The van der Waals surface area contributed by atoms with Crippen molar-refractivity contribution in [3.05, 3.63) is 59.9 Å². The van der Waals surface area contributed by atoms with Crippen LogP contribution in [0.2, 0.25) is 0 Å². The number of esters is 1. The van der Waals surface area contributed by atoms with Gasteiger partial charge in [0, 0.05) is 12.4 Å². The van der Waals surface area contributed by atoms with Crippen molar-refractivity contribution in [2.75, 3.05) is 11.9 Å². The summed E-state index contributed by atoms with van der Waals surface area (Å²) in [6.07, 6.45) is 2.92. The van der Waals surface area contributed by atoms with Crippen LogP contribution in [0.4, 0.5) is 5.69 Å². The van der Waals surface area contributed by atoms with Gasteiger partial charge in [-0.1, -0.05) is 12.1 Å². The average Bonchev–Trinajstić information content (AvgIpc) is 2.54. The number of aromatic nitrogens is 1. The van der Waals surface area contributed by atoms with E-state index in [-0.39, 0.29) is 0 Å². The first-order valence-electron chi connectivity index (χ1n) is 6.07. The zero-order valence-electron chi connectivity index (χ0n) is 10.9. The molecule has 6 heteroatoms. The lowest BCUT2D eigenvalue weighted by Gasteiger charge is -2.07. The summed E-state index contributed by atoms with van der Waals surface area (Å²) in [6.45, 7) is -0.430. The van der Waals surface area contributed by atoms with Crippen LogP contribution in [0, 0.1) is 11.3 Å². The molecule has 1 aromatic heterocycles. The fourth-order valence-corrected chi connectivity index (χ4v) is 1.58. The Hall–Kier alpha value is -3.20. The minimum atomic E-state index is -0.610. The van der Waals surface area contributed by atoms with Crippen molar-refractivity contribution in [1.29, 1.82) is 5.26 Å². The first kappa shape index (κ1) is 14.2. The van der Waals surface area contributed by atoms with E-state index in [0.29, 0.717) is 16.8 Å². The fraction of sp³-hybridized carbons (Fsp3) is 0.0667. The second-order valence-corrected chi connectivity index (χ2v) is 4.02. The number of nitriles is 1. The van der Waals surface area contributed by atoms with E-state index >= 15 is 0 Å². The lowest BCUT2D eigenvalue weighted by Crippen LogP contribution is -2.21. The summed E-state index contributed by atoms with van der Waals surface area (Å²) < 4.78 is 4.87. The van der Waals surface area contributed by atoms with Crippen LogP contribution in [0.25, 0.3) is 0 Å². The minimum absolute atomic E-state index is 0.315. The Balaban J connectivity index is 1.91.